The summed E-state index contributed by atoms with van der Waals surface area (Å²) in [5, 5.41) is 9.54. The molecule has 27 heavy (non-hydrogen) atoms. The molecule has 3 heterocycles. The Kier molecular flexibility index (Phi) is 3.56. The number of aromatic nitrogens is 2. The number of hydrogen-bond acceptors (Lipinski definition) is 7. The van der Waals surface area contributed by atoms with Crippen LogP contribution in [-0.4, -0.2) is 73.7 Å². The molecular weight excluding hydrogens is 374 g/mol. The maximum Gasteiger partial charge on any atom is 0.374 e. The molecule has 1 spiro atoms. The van der Waals surface area contributed by atoms with Crippen LogP contribution in [0, 0.1) is 0 Å². The summed E-state index contributed by atoms with van der Waals surface area (Å²) in [6, 6.07) is -0.0702. The van der Waals surface area contributed by atoms with E-state index in [0.717, 1.165) is 12.8 Å². The fraction of sp³-hybridized carbons (Fsp3) is 0.706. The molecule has 1 atom stereocenters. The molecule has 0 amide bonds. The summed E-state index contributed by atoms with van der Waals surface area (Å²) in [6.07, 6.45) is 4.37. The lowest BCUT2D eigenvalue weighted by Gasteiger charge is -2.50. The fourth-order valence-corrected chi connectivity index (χ4v) is 4.35. The van der Waals surface area contributed by atoms with Crippen molar-refractivity contribution in [2.45, 2.75) is 43.0 Å². The summed E-state index contributed by atoms with van der Waals surface area (Å²) in [5.41, 5.74) is -0.0543. The minimum atomic E-state index is -4.17. The van der Waals surface area contributed by atoms with E-state index in [1.54, 1.807) is 13.8 Å². The second-order valence-electron chi connectivity index (χ2n) is 8.70. The van der Waals surface area contributed by atoms with E-state index in [0.29, 0.717) is 31.4 Å². The highest BCUT2D eigenvalue weighted by Crippen LogP contribution is 2.53. The van der Waals surface area contributed by atoms with Gasteiger partial charge >= 0.3 is 5.97 Å². The predicted octanol–water partition coefficient (Wildman–Crippen LogP) is 1.09. The fourth-order valence-electron chi connectivity index (χ4n) is 3.66. The first-order chi connectivity index (χ1) is 12.3. The molecule has 1 unspecified atom stereocenters. The van der Waals surface area contributed by atoms with Gasteiger partial charge in [0.2, 0.25) is 5.82 Å². The number of nitrogens with zero attached hydrogens (tertiary/aromatic N) is 3. The van der Waals surface area contributed by atoms with Gasteiger partial charge in [-0.05, 0) is 26.7 Å². The number of aromatic carboxylic acids is 1. The van der Waals surface area contributed by atoms with E-state index >= 15 is 0 Å². The molecule has 3 aliphatic rings. The van der Waals surface area contributed by atoms with Gasteiger partial charge in [-0.25, -0.2) is 19.0 Å². The van der Waals surface area contributed by atoms with E-state index < -0.39 is 25.9 Å². The van der Waals surface area contributed by atoms with Gasteiger partial charge in [-0.2, -0.15) is 9.35 Å². The van der Waals surface area contributed by atoms with Crippen LogP contribution in [0.5, 0.6) is 5.75 Å². The Labute approximate surface area is 157 Å². The van der Waals surface area contributed by atoms with Crippen LogP contribution in [0.3, 0.4) is 0 Å². The molecule has 2 N–H and O–H groups in total. The number of rotatable bonds is 3. The van der Waals surface area contributed by atoms with Crippen LogP contribution in [0.1, 0.15) is 43.0 Å². The molecular formula is C17H25N3O6S. The number of carboxylic acids is 1. The third-order valence-corrected chi connectivity index (χ3v) is 9.21. The van der Waals surface area contributed by atoms with E-state index in [1.807, 2.05) is 0 Å². The molecule has 1 aromatic heterocycles. The summed E-state index contributed by atoms with van der Waals surface area (Å²) >= 11 is 0. The largest absolute Gasteiger partial charge is 0.486 e. The Balaban J connectivity index is 1.97. The van der Waals surface area contributed by atoms with Crippen LogP contribution in [0.4, 0.5) is 5.82 Å². The van der Waals surface area contributed by atoms with Gasteiger partial charge in [-0.1, -0.05) is 0 Å². The third-order valence-electron chi connectivity index (χ3n) is 6.10. The van der Waals surface area contributed by atoms with Crippen LogP contribution >= 0.6 is 0 Å². The van der Waals surface area contributed by atoms with Gasteiger partial charge in [0.15, 0.2) is 11.6 Å². The lowest BCUT2D eigenvalue weighted by molar-refractivity contribution is 0.0368. The summed E-state index contributed by atoms with van der Waals surface area (Å²) in [6.45, 7) is 4.51. The van der Waals surface area contributed by atoms with E-state index in [-0.39, 0.29) is 17.3 Å². The summed E-state index contributed by atoms with van der Waals surface area (Å²) in [4.78, 5) is 22.2. The van der Waals surface area contributed by atoms with Crippen LogP contribution in [-0.2, 0) is 18.8 Å². The van der Waals surface area contributed by atoms with E-state index in [4.69, 9.17) is 9.47 Å². The normalized spacial score (nSPS) is 25.0. The maximum atomic E-state index is 13.1. The molecule has 10 heteroatoms. The lowest BCUT2D eigenvalue weighted by atomic mass is 10.0. The molecule has 0 radical (unpaired) electrons. The highest BCUT2D eigenvalue weighted by atomic mass is 32.3. The average molecular weight is 399 g/mol. The molecule has 1 saturated heterocycles. The SMILES string of the molecule is CC(C)(c1nc(C(=O)O)nc2c1OCC1COCC3(CC3)N21)S(C)(C)(=O)O. The van der Waals surface area contributed by atoms with Gasteiger partial charge in [-0.3, -0.25) is 0 Å². The first-order valence-electron chi connectivity index (χ1n) is 8.84. The van der Waals surface area contributed by atoms with E-state index in [2.05, 4.69) is 14.9 Å². The van der Waals surface area contributed by atoms with Crippen molar-refractivity contribution in [2.75, 3.05) is 37.2 Å². The van der Waals surface area contributed by atoms with Gasteiger partial charge in [0.25, 0.3) is 0 Å². The molecule has 2 fully saturated rings. The van der Waals surface area contributed by atoms with Crippen molar-refractivity contribution in [1.82, 2.24) is 9.97 Å². The lowest BCUT2D eigenvalue weighted by Crippen LogP contribution is -2.59. The van der Waals surface area contributed by atoms with E-state index in [1.165, 1.54) is 12.5 Å². The molecule has 1 aromatic rings. The van der Waals surface area contributed by atoms with Crippen LogP contribution in [0.15, 0.2) is 0 Å². The number of carboxylic acid groups (broad SMARTS) is 1. The Morgan fingerprint density at radius 3 is 2.52 bits per heavy atom. The Bertz CT molecular complexity index is 893. The van der Waals surface area contributed by atoms with Crippen molar-refractivity contribution < 1.29 is 28.1 Å². The van der Waals surface area contributed by atoms with Crippen LogP contribution < -0.4 is 9.64 Å². The first kappa shape index (κ1) is 18.6. The molecule has 1 saturated carbocycles. The van der Waals surface area contributed by atoms with Crippen molar-refractivity contribution >= 4 is 21.1 Å². The summed E-state index contributed by atoms with van der Waals surface area (Å²) in [7, 11) is -4.17. The molecule has 150 valence electrons. The Morgan fingerprint density at radius 2 is 1.96 bits per heavy atom. The zero-order chi connectivity index (χ0) is 19.9. The topological polar surface area (TPSA) is 122 Å². The minimum absolute atomic E-state index is 0.0702. The zero-order valence-electron chi connectivity index (χ0n) is 15.9. The third kappa shape index (κ3) is 2.65. The standard InChI is InChI=1S/C17H25N3O6S/c1-16(2,27(3,4,23)24)12-11-14(19-13(18-12)15(21)22)20-10(8-26-11)7-25-9-17(20)5-6-17/h10H,5-9H2,1-4H3,(H,21,22)(H,23,24). The minimum Gasteiger partial charge on any atom is -0.486 e. The summed E-state index contributed by atoms with van der Waals surface area (Å²) in [5.74, 6) is -1.01. The van der Waals surface area contributed by atoms with Crippen molar-refractivity contribution in [2.24, 2.45) is 0 Å². The molecule has 4 rings (SSSR count). The van der Waals surface area contributed by atoms with Gasteiger partial charge < -0.3 is 24.0 Å². The van der Waals surface area contributed by atoms with E-state index in [9.17, 15) is 18.7 Å². The number of morpholine rings is 1. The highest BCUT2D eigenvalue weighted by molar-refractivity contribution is 8.14. The van der Waals surface area contributed by atoms with Crippen LogP contribution in [0.2, 0.25) is 0 Å². The number of carbonyl (C=O) groups is 1. The van der Waals surface area contributed by atoms with Gasteiger partial charge in [0.05, 0.1) is 29.5 Å². The second kappa shape index (κ2) is 5.18. The molecule has 9 nitrogen and oxygen atoms in total. The molecule has 0 aromatic carbocycles. The maximum absolute atomic E-state index is 13.1. The monoisotopic (exact) mass is 399 g/mol. The smallest absolute Gasteiger partial charge is 0.374 e. The van der Waals surface area contributed by atoms with Gasteiger partial charge in [0, 0.05) is 12.5 Å². The van der Waals surface area contributed by atoms with Crippen molar-refractivity contribution in [3.8, 4) is 5.75 Å². The van der Waals surface area contributed by atoms with Crippen LogP contribution in [0.25, 0.3) is 0 Å². The van der Waals surface area contributed by atoms with Gasteiger partial charge in [-0.15, -0.1) is 0 Å². The second-order valence-corrected chi connectivity index (χ2v) is 13.3. The zero-order valence-corrected chi connectivity index (χ0v) is 16.7. The quantitative estimate of drug-likeness (QED) is 0.769. The average Bonchev–Trinajstić information content (AvgIpc) is 3.31. The number of ether oxygens (including phenoxy) is 2. The van der Waals surface area contributed by atoms with Crippen molar-refractivity contribution in [3.63, 3.8) is 0 Å². The molecule has 0 bridgehead atoms. The first-order valence-corrected chi connectivity index (χ1v) is 11.6. The van der Waals surface area contributed by atoms with Crippen molar-refractivity contribution in [1.29, 1.82) is 0 Å². The molecule has 2 aliphatic heterocycles. The Hall–Kier alpha value is -1.78. The highest BCUT2D eigenvalue weighted by Gasteiger charge is 2.57. The van der Waals surface area contributed by atoms with Crippen molar-refractivity contribution in [3.05, 3.63) is 11.5 Å². The predicted molar refractivity (Wildman–Crippen MR) is 99.2 cm³/mol. The number of fused-ring (bicyclic) bond motifs is 4. The number of anilines is 1. The number of hydrogen-bond donors (Lipinski definition) is 2. The van der Waals surface area contributed by atoms with Gasteiger partial charge in [0.1, 0.15) is 12.3 Å². The summed E-state index contributed by atoms with van der Waals surface area (Å²) < 4.78 is 34.1. The molecule has 1 aliphatic carbocycles. The Morgan fingerprint density at radius 1 is 1.30 bits per heavy atom.